The fourth-order valence-electron chi connectivity index (χ4n) is 12.3. The number of hydrogen-bond acceptors (Lipinski definition) is 2. The van der Waals surface area contributed by atoms with E-state index in [2.05, 4.69) is 274 Å². The summed E-state index contributed by atoms with van der Waals surface area (Å²) in [6.07, 6.45) is 0. The maximum Gasteiger partial charge on any atom is 0.143 e. The van der Waals surface area contributed by atoms with E-state index in [-0.39, 0.29) is 5.41 Å². The molecular formula is C70H49NO. The normalized spacial score (nSPS) is 15.0. The zero-order chi connectivity index (χ0) is 48.0. The molecule has 0 saturated carbocycles. The van der Waals surface area contributed by atoms with Gasteiger partial charge in [-0.3, -0.25) is 0 Å². The first kappa shape index (κ1) is 41.9. The highest BCUT2D eigenvalue weighted by Crippen LogP contribution is 2.57. The third kappa shape index (κ3) is 6.35. The fraction of sp³-hybridized carbons (Fsp3) is 0.0571. The van der Waals surface area contributed by atoms with Gasteiger partial charge in [0.05, 0.1) is 5.41 Å². The van der Waals surface area contributed by atoms with Crippen LogP contribution in [0.15, 0.2) is 265 Å². The Balaban J connectivity index is 0.861. The summed E-state index contributed by atoms with van der Waals surface area (Å²) in [5.74, 6) is 0. The average molecular weight is 920 g/mol. The standard InChI is InChI=1S/C70H49NO/c1-69(2)63-25-12-9-20-57(63)59-42-41-55(45-66(59)69)71(53-37-30-47(31-38-53)46-16-5-3-6-17-46)54-39-32-48(33-40-54)50-34-43-65-62(44-50)58-21-10-13-26-64(58)70(65,51-18-7-4-8-19-51)52-35-28-49(29-36-52)56-23-15-24-61-60-22-11-14-27-67(60)72-68(56)61/h3-45H,1-2H3. The van der Waals surface area contributed by atoms with Gasteiger partial charge in [-0.1, -0.05) is 226 Å². The molecule has 0 radical (unpaired) electrons. The van der Waals surface area contributed by atoms with E-state index in [1.54, 1.807) is 0 Å². The molecule has 2 aliphatic rings. The van der Waals surface area contributed by atoms with Crippen LogP contribution in [-0.2, 0) is 10.8 Å². The van der Waals surface area contributed by atoms with E-state index in [9.17, 15) is 0 Å². The van der Waals surface area contributed by atoms with E-state index in [0.29, 0.717) is 0 Å². The summed E-state index contributed by atoms with van der Waals surface area (Å²) in [4.78, 5) is 2.41. The first-order valence-corrected chi connectivity index (χ1v) is 25.1. The molecule has 0 saturated heterocycles. The molecule has 0 spiro atoms. The fourth-order valence-corrected chi connectivity index (χ4v) is 12.3. The Bertz CT molecular complexity index is 4030. The summed E-state index contributed by atoms with van der Waals surface area (Å²) in [7, 11) is 0. The molecule has 12 aromatic rings. The number of hydrogen-bond donors (Lipinski definition) is 0. The molecule has 11 aromatic carbocycles. The van der Waals surface area contributed by atoms with Crippen molar-refractivity contribution in [2.24, 2.45) is 0 Å². The first-order chi connectivity index (χ1) is 35.4. The highest BCUT2D eigenvalue weighted by atomic mass is 16.3. The lowest BCUT2D eigenvalue weighted by molar-refractivity contribution is 0.660. The van der Waals surface area contributed by atoms with Crippen molar-refractivity contribution in [2.45, 2.75) is 24.7 Å². The van der Waals surface area contributed by atoms with Crippen molar-refractivity contribution in [3.05, 3.63) is 294 Å². The summed E-state index contributed by atoms with van der Waals surface area (Å²) in [5, 5.41) is 2.28. The van der Waals surface area contributed by atoms with Crippen molar-refractivity contribution in [2.75, 3.05) is 4.90 Å². The monoisotopic (exact) mass is 919 g/mol. The van der Waals surface area contributed by atoms with Gasteiger partial charge in [-0.25, -0.2) is 0 Å². The largest absolute Gasteiger partial charge is 0.455 e. The summed E-state index contributed by atoms with van der Waals surface area (Å²) in [6.45, 7) is 4.71. The van der Waals surface area contributed by atoms with Gasteiger partial charge in [0.25, 0.3) is 0 Å². The molecule has 2 nitrogen and oxygen atoms in total. The van der Waals surface area contributed by atoms with Gasteiger partial charge in [-0.2, -0.15) is 0 Å². The van der Waals surface area contributed by atoms with E-state index >= 15 is 0 Å². The average Bonchev–Trinajstić information content (AvgIpc) is 4.05. The second kappa shape index (κ2) is 16.3. The van der Waals surface area contributed by atoms with Crippen LogP contribution in [0.5, 0.6) is 0 Å². The molecule has 0 N–H and O–H groups in total. The lowest BCUT2D eigenvalue weighted by atomic mass is 9.67. The topological polar surface area (TPSA) is 16.4 Å². The summed E-state index contributed by atoms with van der Waals surface area (Å²) >= 11 is 0. The van der Waals surface area contributed by atoms with Crippen molar-refractivity contribution in [3.63, 3.8) is 0 Å². The molecule has 0 bridgehead atoms. The van der Waals surface area contributed by atoms with Gasteiger partial charge >= 0.3 is 0 Å². The minimum atomic E-state index is -0.526. The van der Waals surface area contributed by atoms with E-state index in [1.807, 2.05) is 6.07 Å². The van der Waals surface area contributed by atoms with Crippen LogP contribution in [0.3, 0.4) is 0 Å². The molecule has 0 fully saturated rings. The predicted octanol–water partition coefficient (Wildman–Crippen LogP) is 18.7. The molecule has 1 atom stereocenters. The second-order valence-electron chi connectivity index (χ2n) is 20.0. The molecule has 1 heterocycles. The first-order valence-electron chi connectivity index (χ1n) is 25.1. The number of furan rings is 1. The van der Waals surface area contributed by atoms with Crippen LogP contribution in [0.25, 0.3) is 77.6 Å². The zero-order valence-corrected chi connectivity index (χ0v) is 40.2. The number of rotatable bonds is 8. The Morgan fingerprint density at radius 1 is 0.306 bits per heavy atom. The third-order valence-electron chi connectivity index (χ3n) is 15.8. The lowest BCUT2D eigenvalue weighted by Gasteiger charge is -2.34. The van der Waals surface area contributed by atoms with Gasteiger partial charge in [0.15, 0.2) is 0 Å². The summed E-state index contributed by atoms with van der Waals surface area (Å²) in [5.41, 5.74) is 24.5. The number of anilines is 3. The Kier molecular flexibility index (Phi) is 9.50. The quantitative estimate of drug-likeness (QED) is 0.151. The van der Waals surface area contributed by atoms with E-state index in [0.717, 1.165) is 50.1 Å². The molecule has 72 heavy (non-hydrogen) atoms. The van der Waals surface area contributed by atoms with Crippen molar-refractivity contribution in [1.29, 1.82) is 0 Å². The third-order valence-corrected chi connectivity index (χ3v) is 15.8. The molecule has 2 aliphatic carbocycles. The lowest BCUT2D eigenvalue weighted by Crippen LogP contribution is -2.28. The van der Waals surface area contributed by atoms with E-state index in [1.165, 1.54) is 77.9 Å². The van der Waals surface area contributed by atoms with Crippen LogP contribution in [0.1, 0.15) is 47.2 Å². The van der Waals surface area contributed by atoms with Crippen molar-refractivity contribution in [3.8, 4) is 55.6 Å². The highest BCUT2D eigenvalue weighted by molar-refractivity contribution is 6.09. The molecule has 14 rings (SSSR count). The molecule has 340 valence electrons. The summed E-state index contributed by atoms with van der Waals surface area (Å²) in [6, 6.07) is 95.9. The van der Waals surface area contributed by atoms with Crippen LogP contribution in [0, 0.1) is 0 Å². The zero-order valence-electron chi connectivity index (χ0n) is 40.2. The smallest absolute Gasteiger partial charge is 0.143 e. The summed E-state index contributed by atoms with van der Waals surface area (Å²) < 4.78 is 6.50. The minimum absolute atomic E-state index is 0.117. The van der Waals surface area contributed by atoms with Gasteiger partial charge in [0.2, 0.25) is 0 Å². The Hall–Kier alpha value is -8.98. The molecule has 0 amide bonds. The van der Waals surface area contributed by atoms with Crippen LogP contribution in [0.2, 0.25) is 0 Å². The van der Waals surface area contributed by atoms with Gasteiger partial charge in [-0.15, -0.1) is 0 Å². The van der Waals surface area contributed by atoms with E-state index < -0.39 is 5.41 Å². The predicted molar refractivity (Wildman–Crippen MR) is 300 cm³/mol. The van der Waals surface area contributed by atoms with Crippen molar-refractivity contribution in [1.82, 2.24) is 0 Å². The molecule has 1 unspecified atom stereocenters. The molecule has 2 heteroatoms. The molecule has 1 aromatic heterocycles. The second-order valence-corrected chi connectivity index (χ2v) is 20.0. The molecular weight excluding hydrogens is 871 g/mol. The van der Waals surface area contributed by atoms with Crippen LogP contribution in [-0.4, -0.2) is 0 Å². The Labute approximate surface area is 420 Å². The van der Waals surface area contributed by atoms with Crippen LogP contribution in [0.4, 0.5) is 17.1 Å². The van der Waals surface area contributed by atoms with Crippen LogP contribution < -0.4 is 4.90 Å². The Morgan fingerprint density at radius 2 is 0.806 bits per heavy atom. The van der Waals surface area contributed by atoms with E-state index in [4.69, 9.17) is 4.42 Å². The maximum absolute atomic E-state index is 6.50. The number of benzene rings is 11. The maximum atomic E-state index is 6.50. The number of nitrogens with zero attached hydrogens (tertiary/aromatic N) is 1. The van der Waals surface area contributed by atoms with Gasteiger partial charge in [0, 0.05) is 38.8 Å². The van der Waals surface area contributed by atoms with Gasteiger partial charge in [0.1, 0.15) is 11.2 Å². The van der Waals surface area contributed by atoms with Gasteiger partial charge in [-0.05, 0) is 132 Å². The Morgan fingerprint density at radius 3 is 1.54 bits per heavy atom. The SMILES string of the molecule is CC1(C)c2ccccc2-c2ccc(N(c3ccc(-c4ccccc4)cc3)c3ccc(-c4ccc5c(c4)-c4ccccc4C5(c4ccccc4)c4ccc(-c5cccc6c5oc5ccccc56)cc4)cc3)cc21. The molecule has 0 aliphatic heterocycles. The highest BCUT2D eigenvalue weighted by Gasteiger charge is 2.46. The van der Waals surface area contributed by atoms with Crippen molar-refractivity contribution < 1.29 is 4.42 Å². The van der Waals surface area contributed by atoms with Gasteiger partial charge < -0.3 is 9.32 Å². The number of fused-ring (bicyclic) bond motifs is 9. The van der Waals surface area contributed by atoms with Crippen molar-refractivity contribution >= 4 is 39.0 Å². The number of para-hydroxylation sites is 2. The van der Waals surface area contributed by atoms with Crippen LogP contribution >= 0.6 is 0 Å². The minimum Gasteiger partial charge on any atom is -0.455 e.